The quantitative estimate of drug-likeness (QED) is 0.664. The lowest BCUT2D eigenvalue weighted by molar-refractivity contribution is -0.738. The van der Waals surface area contributed by atoms with Gasteiger partial charge in [0.15, 0.2) is 0 Å². The van der Waals surface area contributed by atoms with Crippen molar-refractivity contribution in [3.05, 3.63) is 47.9 Å². The Bertz CT molecular complexity index is 796. The highest BCUT2D eigenvalue weighted by molar-refractivity contribution is 5.68. The van der Waals surface area contributed by atoms with Crippen molar-refractivity contribution in [2.75, 3.05) is 0 Å². The van der Waals surface area contributed by atoms with E-state index in [9.17, 15) is 0 Å². The van der Waals surface area contributed by atoms with E-state index in [1.54, 1.807) is 5.56 Å². The molecule has 0 radical (unpaired) electrons. The molecule has 1 aliphatic heterocycles. The summed E-state index contributed by atoms with van der Waals surface area (Å²) < 4.78 is 2.50. The van der Waals surface area contributed by atoms with Crippen LogP contribution in [0.1, 0.15) is 70.9 Å². The SMILES string of the molecule is CCCC12CC1(C)c1ccc(CCC(C)CC)cc1-c1ccnc[n+]12. The smallest absolute Gasteiger partial charge is 0.223 e. The lowest BCUT2D eigenvalue weighted by Gasteiger charge is -2.30. The van der Waals surface area contributed by atoms with Gasteiger partial charge < -0.3 is 0 Å². The van der Waals surface area contributed by atoms with Gasteiger partial charge in [-0.1, -0.05) is 57.7 Å². The lowest BCUT2D eigenvalue weighted by Crippen LogP contribution is -2.54. The number of nitrogens with zero attached hydrogens (tertiary/aromatic N) is 2. The molecule has 1 aromatic carbocycles. The van der Waals surface area contributed by atoms with Gasteiger partial charge in [0, 0.05) is 23.5 Å². The van der Waals surface area contributed by atoms with E-state index in [4.69, 9.17) is 0 Å². The molecule has 25 heavy (non-hydrogen) atoms. The number of fused-ring (bicyclic) bond motifs is 6. The second-order valence-electron chi connectivity index (χ2n) is 8.56. The Morgan fingerprint density at radius 3 is 2.84 bits per heavy atom. The van der Waals surface area contributed by atoms with Crippen LogP contribution in [0.3, 0.4) is 0 Å². The normalized spacial score (nSPS) is 27.2. The molecule has 2 aliphatic rings. The van der Waals surface area contributed by atoms with E-state index in [1.807, 2.05) is 6.20 Å². The van der Waals surface area contributed by atoms with Crippen molar-refractivity contribution in [3.8, 4) is 11.3 Å². The second kappa shape index (κ2) is 5.93. The Balaban J connectivity index is 1.77. The molecule has 3 unspecified atom stereocenters. The van der Waals surface area contributed by atoms with Gasteiger partial charge in [0.05, 0.1) is 0 Å². The Kier molecular flexibility index (Phi) is 3.97. The number of rotatable bonds is 6. The Labute approximate surface area is 152 Å². The van der Waals surface area contributed by atoms with E-state index < -0.39 is 0 Å². The maximum absolute atomic E-state index is 4.46. The van der Waals surface area contributed by atoms with Crippen LogP contribution in [-0.4, -0.2) is 4.98 Å². The van der Waals surface area contributed by atoms with Gasteiger partial charge in [-0.05, 0) is 42.4 Å². The van der Waals surface area contributed by atoms with Gasteiger partial charge >= 0.3 is 0 Å². The minimum absolute atomic E-state index is 0.247. The molecule has 0 N–H and O–H groups in total. The number of aromatic nitrogens is 2. The zero-order chi connectivity index (χ0) is 17.7. The fourth-order valence-electron chi connectivity index (χ4n) is 5.12. The molecule has 4 rings (SSSR count). The van der Waals surface area contributed by atoms with Crippen LogP contribution in [-0.2, 0) is 17.4 Å². The molecule has 2 aromatic rings. The Hall–Kier alpha value is -1.70. The minimum Gasteiger partial charge on any atom is -0.223 e. The number of hydrogen-bond donors (Lipinski definition) is 0. The third-order valence-corrected chi connectivity index (χ3v) is 7.01. The summed E-state index contributed by atoms with van der Waals surface area (Å²) in [5.41, 5.74) is 6.36. The standard InChI is InChI=1S/C23H31N2/c1-5-12-23-15-22(23,4)20-10-9-18(8-7-17(3)6-2)14-19(20)21-11-13-24-16-25(21)23/h9-11,13-14,16-17H,5-8,12,15H2,1-4H3/q+1. The van der Waals surface area contributed by atoms with Crippen molar-refractivity contribution in [2.24, 2.45) is 5.92 Å². The minimum atomic E-state index is 0.247. The maximum atomic E-state index is 4.46. The maximum Gasteiger partial charge on any atom is 0.287 e. The van der Waals surface area contributed by atoms with E-state index in [0.717, 1.165) is 5.92 Å². The molecular weight excluding hydrogens is 304 g/mol. The van der Waals surface area contributed by atoms with Gasteiger partial charge in [0.2, 0.25) is 0 Å². The van der Waals surface area contributed by atoms with E-state index in [0.29, 0.717) is 0 Å². The van der Waals surface area contributed by atoms with Gasteiger partial charge in [0.1, 0.15) is 17.4 Å². The summed E-state index contributed by atoms with van der Waals surface area (Å²) in [5, 5.41) is 0. The highest BCUT2D eigenvalue weighted by atomic mass is 15.2. The zero-order valence-corrected chi connectivity index (χ0v) is 16.2. The molecule has 0 saturated heterocycles. The first-order chi connectivity index (χ1) is 12.1. The van der Waals surface area contributed by atoms with Gasteiger partial charge in [-0.25, -0.2) is 4.57 Å². The van der Waals surface area contributed by atoms with Crippen LogP contribution in [0.4, 0.5) is 0 Å². The van der Waals surface area contributed by atoms with E-state index in [2.05, 4.69) is 67.8 Å². The molecule has 2 heteroatoms. The molecular formula is C23H31N2+. The summed E-state index contributed by atoms with van der Waals surface area (Å²) in [6.07, 6.45) is 11.5. The van der Waals surface area contributed by atoms with Crippen LogP contribution >= 0.6 is 0 Å². The fourth-order valence-corrected chi connectivity index (χ4v) is 5.12. The molecule has 132 valence electrons. The summed E-state index contributed by atoms with van der Waals surface area (Å²) >= 11 is 0. The summed E-state index contributed by atoms with van der Waals surface area (Å²) in [4.78, 5) is 4.46. The molecule has 1 aliphatic carbocycles. The largest absolute Gasteiger partial charge is 0.287 e. The van der Waals surface area contributed by atoms with E-state index in [1.165, 1.54) is 55.3 Å². The van der Waals surface area contributed by atoms with Crippen LogP contribution in [0.15, 0.2) is 36.8 Å². The van der Waals surface area contributed by atoms with Crippen molar-refractivity contribution in [2.45, 2.75) is 77.2 Å². The van der Waals surface area contributed by atoms with Gasteiger partial charge in [-0.2, -0.15) is 0 Å². The highest BCUT2D eigenvalue weighted by Crippen LogP contribution is 2.65. The first kappa shape index (κ1) is 16.8. The first-order valence-electron chi connectivity index (χ1n) is 10.1. The fraction of sp³-hybridized carbons (Fsp3) is 0.565. The molecule has 1 fully saturated rings. The van der Waals surface area contributed by atoms with Gasteiger partial charge in [-0.15, -0.1) is 0 Å². The van der Waals surface area contributed by atoms with Crippen LogP contribution < -0.4 is 4.57 Å². The van der Waals surface area contributed by atoms with Crippen molar-refractivity contribution in [1.29, 1.82) is 0 Å². The molecule has 3 atom stereocenters. The monoisotopic (exact) mass is 335 g/mol. The average molecular weight is 336 g/mol. The van der Waals surface area contributed by atoms with Crippen LogP contribution in [0.25, 0.3) is 11.3 Å². The third-order valence-electron chi connectivity index (χ3n) is 7.01. The Morgan fingerprint density at radius 1 is 1.24 bits per heavy atom. The Morgan fingerprint density at radius 2 is 2.08 bits per heavy atom. The molecule has 1 saturated carbocycles. The van der Waals surface area contributed by atoms with Gasteiger partial charge in [-0.3, -0.25) is 0 Å². The van der Waals surface area contributed by atoms with E-state index >= 15 is 0 Å². The molecule has 0 bridgehead atoms. The molecule has 2 nitrogen and oxygen atoms in total. The zero-order valence-electron chi connectivity index (χ0n) is 16.2. The number of hydrogen-bond acceptors (Lipinski definition) is 1. The topological polar surface area (TPSA) is 16.8 Å². The van der Waals surface area contributed by atoms with Crippen molar-refractivity contribution >= 4 is 0 Å². The third kappa shape index (κ3) is 2.37. The summed E-state index contributed by atoms with van der Waals surface area (Å²) in [5.74, 6) is 0.806. The first-order valence-corrected chi connectivity index (χ1v) is 10.1. The predicted octanol–water partition coefficient (Wildman–Crippen LogP) is 5.19. The van der Waals surface area contributed by atoms with Crippen LogP contribution in [0, 0.1) is 5.92 Å². The van der Waals surface area contributed by atoms with Crippen LogP contribution in [0.2, 0.25) is 0 Å². The number of aryl methyl sites for hydroxylation is 1. The number of benzene rings is 1. The molecule has 1 aromatic heterocycles. The van der Waals surface area contributed by atoms with Crippen molar-refractivity contribution < 1.29 is 4.57 Å². The van der Waals surface area contributed by atoms with E-state index in [-0.39, 0.29) is 11.0 Å². The summed E-state index contributed by atoms with van der Waals surface area (Å²) in [7, 11) is 0. The average Bonchev–Trinajstić information content (AvgIpc) is 3.27. The van der Waals surface area contributed by atoms with Gasteiger partial charge in [0.25, 0.3) is 6.33 Å². The van der Waals surface area contributed by atoms with Crippen LogP contribution in [0.5, 0.6) is 0 Å². The molecule has 0 amide bonds. The highest BCUT2D eigenvalue weighted by Gasteiger charge is 2.72. The second-order valence-corrected chi connectivity index (χ2v) is 8.56. The predicted molar refractivity (Wildman–Crippen MR) is 102 cm³/mol. The molecule has 2 heterocycles. The molecule has 0 spiro atoms. The lowest BCUT2D eigenvalue weighted by atomic mass is 9.81. The summed E-state index contributed by atoms with van der Waals surface area (Å²) in [6, 6.07) is 9.50. The summed E-state index contributed by atoms with van der Waals surface area (Å²) in [6.45, 7) is 9.42. The van der Waals surface area contributed by atoms with Crippen molar-refractivity contribution in [1.82, 2.24) is 4.98 Å². The van der Waals surface area contributed by atoms with Crippen molar-refractivity contribution in [3.63, 3.8) is 0 Å².